The second-order valence-corrected chi connectivity index (χ2v) is 12.1. The van der Waals surface area contributed by atoms with E-state index in [0.717, 1.165) is 43.4 Å². The number of aromatic nitrogens is 2. The Morgan fingerprint density at radius 3 is 2.69 bits per heavy atom. The number of carbonyl (C=O) groups is 1. The Labute approximate surface area is 192 Å². The van der Waals surface area contributed by atoms with E-state index in [1.807, 2.05) is 10.8 Å². The van der Waals surface area contributed by atoms with Gasteiger partial charge in [-0.2, -0.15) is 0 Å². The highest BCUT2D eigenvalue weighted by atomic mass is 16.3. The summed E-state index contributed by atoms with van der Waals surface area (Å²) in [4.78, 5) is 17.4. The van der Waals surface area contributed by atoms with Crippen molar-refractivity contribution in [2.75, 3.05) is 0 Å². The van der Waals surface area contributed by atoms with Crippen LogP contribution in [0.5, 0.6) is 0 Å². The Hall–Kier alpha value is -1.60. The Kier molecular flexibility index (Phi) is 5.06. The third-order valence-electron chi connectivity index (χ3n) is 10.4. The molecule has 0 radical (unpaired) electrons. The third kappa shape index (κ3) is 3.56. The maximum atomic E-state index is 13.3. The van der Waals surface area contributed by atoms with Crippen LogP contribution in [0.4, 0.5) is 0 Å². The van der Waals surface area contributed by atoms with Gasteiger partial charge in [-0.1, -0.05) is 18.8 Å². The summed E-state index contributed by atoms with van der Waals surface area (Å²) in [5, 5.41) is 11.2. The number of aliphatic hydroxyl groups is 1. The lowest BCUT2D eigenvalue weighted by atomic mass is 9.49. The van der Waals surface area contributed by atoms with Gasteiger partial charge in [-0.05, 0) is 106 Å². The van der Waals surface area contributed by atoms with Crippen LogP contribution in [-0.2, 0) is 11.3 Å². The average Bonchev–Trinajstić information content (AvgIpc) is 3.34. The number of hydrogen-bond donors (Lipinski definition) is 1. The van der Waals surface area contributed by atoms with Crippen molar-refractivity contribution in [1.82, 2.24) is 9.55 Å². The van der Waals surface area contributed by atoms with Crippen molar-refractivity contribution in [3.63, 3.8) is 0 Å². The predicted octanol–water partition coefficient (Wildman–Crippen LogP) is 4.87. The summed E-state index contributed by atoms with van der Waals surface area (Å²) >= 11 is 0. The zero-order chi connectivity index (χ0) is 21.9. The Bertz CT molecular complexity index is 925. The van der Waals surface area contributed by atoms with Gasteiger partial charge in [0.15, 0.2) is 5.78 Å². The second kappa shape index (κ2) is 7.73. The molecular weight excluding hydrogens is 396 g/mol. The van der Waals surface area contributed by atoms with Crippen molar-refractivity contribution >= 4 is 5.78 Å². The number of rotatable bonds is 3. The van der Waals surface area contributed by atoms with E-state index in [0.29, 0.717) is 30.1 Å². The van der Waals surface area contributed by atoms with Gasteiger partial charge in [0.2, 0.25) is 0 Å². The van der Waals surface area contributed by atoms with Gasteiger partial charge in [0.25, 0.3) is 0 Å². The van der Waals surface area contributed by atoms with E-state index in [1.54, 1.807) is 12.5 Å². The number of imidazole rings is 1. The molecule has 4 heteroatoms. The monoisotopic (exact) mass is 434 g/mol. The van der Waals surface area contributed by atoms with E-state index < -0.39 is 5.60 Å². The highest BCUT2D eigenvalue weighted by molar-refractivity contribution is 5.82. The van der Waals surface area contributed by atoms with E-state index in [1.165, 1.54) is 44.9 Å². The molecule has 1 aromatic heterocycles. The van der Waals surface area contributed by atoms with Crippen LogP contribution in [0.2, 0.25) is 0 Å². The Morgan fingerprint density at radius 2 is 1.91 bits per heavy atom. The van der Waals surface area contributed by atoms with Crippen molar-refractivity contribution < 1.29 is 9.90 Å². The SMILES string of the molecule is C[C@]12CCC3C(CC[C@@H]4C[C@@](O)(C#CC5CC5)CC[C@H]34)C1CC[C@@H]2C(=O)Cn1ccnc1. The van der Waals surface area contributed by atoms with Crippen LogP contribution in [0.1, 0.15) is 77.6 Å². The summed E-state index contributed by atoms with van der Waals surface area (Å²) in [6, 6.07) is 0. The van der Waals surface area contributed by atoms with Crippen LogP contribution in [-0.4, -0.2) is 26.0 Å². The standard InChI is InChI=1S/C28H38N2O2/c1-27-11-9-22-21-10-13-28(32,12-8-19-2-3-19)16-20(21)4-5-23(22)24(27)6-7-25(27)26(31)17-30-15-14-29-18-30/h14-15,18-25,32H,2-7,9-11,13,16-17H2,1H3/t20-,21+,22?,23?,24?,25-,27+,28-/m1/s1. The average molecular weight is 435 g/mol. The highest BCUT2D eigenvalue weighted by Gasteiger charge is 2.58. The van der Waals surface area contributed by atoms with Crippen LogP contribution < -0.4 is 0 Å². The summed E-state index contributed by atoms with van der Waals surface area (Å²) in [5.74, 6) is 11.5. The summed E-state index contributed by atoms with van der Waals surface area (Å²) in [5.41, 5.74) is -0.547. The fourth-order valence-corrected chi connectivity index (χ4v) is 8.66. The molecule has 0 aliphatic heterocycles. The van der Waals surface area contributed by atoms with Crippen LogP contribution in [0.15, 0.2) is 18.7 Å². The zero-order valence-corrected chi connectivity index (χ0v) is 19.5. The van der Waals surface area contributed by atoms with E-state index in [-0.39, 0.29) is 11.3 Å². The van der Waals surface area contributed by atoms with Crippen LogP contribution in [0.3, 0.4) is 0 Å². The molecule has 172 valence electrons. The molecule has 6 rings (SSSR count). The van der Waals surface area contributed by atoms with Gasteiger partial charge in [-0.15, -0.1) is 0 Å². The predicted molar refractivity (Wildman–Crippen MR) is 123 cm³/mol. The van der Waals surface area contributed by atoms with E-state index in [2.05, 4.69) is 23.7 Å². The molecule has 1 heterocycles. The minimum absolute atomic E-state index is 0.177. The topological polar surface area (TPSA) is 55.1 Å². The number of ketones is 1. The zero-order valence-electron chi connectivity index (χ0n) is 19.5. The van der Waals surface area contributed by atoms with E-state index in [4.69, 9.17) is 0 Å². The fraction of sp³-hybridized carbons (Fsp3) is 0.786. The Balaban J connectivity index is 1.15. The summed E-state index contributed by atoms with van der Waals surface area (Å²) < 4.78 is 1.94. The number of carbonyl (C=O) groups excluding carboxylic acids is 1. The van der Waals surface area contributed by atoms with Gasteiger partial charge in [0, 0.05) is 24.2 Å². The van der Waals surface area contributed by atoms with Crippen molar-refractivity contribution in [1.29, 1.82) is 0 Å². The van der Waals surface area contributed by atoms with Crippen LogP contribution in [0.25, 0.3) is 0 Å². The third-order valence-corrected chi connectivity index (χ3v) is 10.4. The molecule has 5 aliphatic rings. The maximum absolute atomic E-state index is 13.3. The Morgan fingerprint density at radius 1 is 1.06 bits per heavy atom. The molecule has 1 aromatic rings. The number of hydrogen-bond acceptors (Lipinski definition) is 3. The van der Waals surface area contributed by atoms with Gasteiger partial charge in [0.1, 0.15) is 5.60 Å². The maximum Gasteiger partial charge on any atom is 0.156 e. The lowest BCUT2D eigenvalue weighted by Gasteiger charge is -2.56. The summed E-state index contributed by atoms with van der Waals surface area (Å²) in [6.45, 7) is 2.92. The molecule has 0 spiro atoms. The second-order valence-electron chi connectivity index (χ2n) is 12.1. The smallest absolute Gasteiger partial charge is 0.156 e. The molecular formula is C28H38N2O2. The first-order chi connectivity index (χ1) is 15.5. The number of nitrogens with zero attached hydrogens (tertiary/aromatic N) is 2. The molecule has 3 unspecified atom stereocenters. The molecule has 0 bridgehead atoms. The van der Waals surface area contributed by atoms with Gasteiger partial charge < -0.3 is 9.67 Å². The molecule has 5 aliphatic carbocycles. The van der Waals surface area contributed by atoms with Crippen molar-refractivity contribution in [2.24, 2.45) is 46.8 Å². The first-order valence-electron chi connectivity index (χ1n) is 13.2. The molecule has 1 N–H and O–H groups in total. The van der Waals surface area contributed by atoms with Gasteiger partial charge in [-0.25, -0.2) is 4.98 Å². The van der Waals surface area contributed by atoms with Crippen molar-refractivity contribution in [3.05, 3.63) is 18.7 Å². The minimum atomic E-state index is -0.724. The molecule has 32 heavy (non-hydrogen) atoms. The van der Waals surface area contributed by atoms with Gasteiger partial charge >= 0.3 is 0 Å². The van der Waals surface area contributed by atoms with Crippen LogP contribution >= 0.6 is 0 Å². The number of Topliss-reactive ketones (excluding diaryl/α,β-unsaturated/α-hetero) is 1. The molecule has 5 fully saturated rings. The van der Waals surface area contributed by atoms with Crippen molar-refractivity contribution in [3.8, 4) is 11.8 Å². The summed E-state index contributed by atoms with van der Waals surface area (Å²) in [7, 11) is 0. The first-order valence-corrected chi connectivity index (χ1v) is 13.2. The molecule has 4 nitrogen and oxygen atoms in total. The molecule has 0 saturated heterocycles. The minimum Gasteiger partial charge on any atom is -0.378 e. The molecule has 0 amide bonds. The normalized spacial score (nSPS) is 45.2. The fourth-order valence-electron chi connectivity index (χ4n) is 8.66. The summed E-state index contributed by atoms with van der Waals surface area (Å²) in [6.07, 6.45) is 18.1. The first kappa shape index (κ1) is 21.0. The lowest BCUT2D eigenvalue weighted by Crippen LogP contribution is -2.51. The largest absolute Gasteiger partial charge is 0.378 e. The van der Waals surface area contributed by atoms with E-state index in [9.17, 15) is 9.90 Å². The van der Waals surface area contributed by atoms with Crippen LogP contribution in [0, 0.1) is 58.7 Å². The molecule has 8 atom stereocenters. The van der Waals surface area contributed by atoms with E-state index >= 15 is 0 Å². The molecule has 0 aromatic carbocycles. The van der Waals surface area contributed by atoms with Gasteiger partial charge in [0.05, 0.1) is 12.9 Å². The number of fused-ring (bicyclic) bond motifs is 5. The lowest BCUT2D eigenvalue weighted by molar-refractivity contribution is -0.132. The van der Waals surface area contributed by atoms with Gasteiger partial charge in [-0.3, -0.25) is 4.79 Å². The highest BCUT2D eigenvalue weighted by Crippen LogP contribution is 2.64. The quantitative estimate of drug-likeness (QED) is 0.691. The van der Waals surface area contributed by atoms with Crippen molar-refractivity contribution in [2.45, 2.75) is 89.7 Å². The molecule has 5 saturated carbocycles.